The van der Waals surface area contributed by atoms with Gasteiger partial charge in [-0.15, -0.1) is 16.4 Å². The monoisotopic (exact) mass is 252 g/mol. The summed E-state index contributed by atoms with van der Waals surface area (Å²) in [6.07, 6.45) is 1.51. The van der Waals surface area contributed by atoms with Crippen LogP contribution in [0.4, 0.5) is 0 Å². The highest BCUT2D eigenvalue weighted by Gasteiger charge is 2.10. The zero-order valence-electron chi connectivity index (χ0n) is 8.07. The summed E-state index contributed by atoms with van der Waals surface area (Å²) in [6.45, 7) is 0. The third kappa shape index (κ3) is 2.31. The Morgan fingerprint density at radius 2 is 2.38 bits per heavy atom. The van der Waals surface area contributed by atoms with Crippen LogP contribution in [0.1, 0.15) is 5.56 Å². The lowest BCUT2D eigenvalue weighted by Gasteiger charge is -2.03. The first kappa shape index (κ1) is 10.9. The summed E-state index contributed by atoms with van der Waals surface area (Å²) in [4.78, 5) is 0. The number of amidine groups is 1. The minimum atomic E-state index is 0.0361. The number of aromatic nitrogens is 2. The van der Waals surface area contributed by atoms with Crippen LogP contribution in [0.2, 0.25) is 0 Å². The minimum Gasteiger partial charge on any atom is -0.409 e. The highest BCUT2D eigenvalue weighted by atomic mass is 32.2. The molecule has 2 aromatic rings. The van der Waals surface area contributed by atoms with E-state index in [9.17, 15) is 0 Å². The number of hydrogen-bond acceptors (Lipinski definition) is 6. The smallest absolute Gasteiger partial charge is 0.172 e. The van der Waals surface area contributed by atoms with Crippen molar-refractivity contribution in [2.45, 2.75) is 9.24 Å². The van der Waals surface area contributed by atoms with E-state index in [1.54, 1.807) is 17.4 Å². The molecule has 0 aliphatic carbocycles. The van der Waals surface area contributed by atoms with Gasteiger partial charge in [-0.2, -0.15) is 5.10 Å². The predicted octanol–water partition coefficient (Wildman–Crippen LogP) is 1.78. The summed E-state index contributed by atoms with van der Waals surface area (Å²) in [5, 5.41) is 22.0. The van der Waals surface area contributed by atoms with Gasteiger partial charge in [-0.1, -0.05) is 23.0 Å². The Hall–Kier alpha value is -1.60. The molecule has 2 heterocycles. The average Bonchev–Trinajstić information content (AvgIpc) is 2.82. The maximum atomic E-state index is 8.65. The Morgan fingerprint density at radius 1 is 1.50 bits per heavy atom. The molecule has 0 amide bonds. The second-order valence-electron chi connectivity index (χ2n) is 2.77. The van der Waals surface area contributed by atoms with Gasteiger partial charge in [0.1, 0.15) is 5.03 Å². The van der Waals surface area contributed by atoms with Crippen molar-refractivity contribution >= 4 is 28.9 Å². The third-order valence-electron chi connectivity index (χ3n) is 1.76. The normalized spacial score (nSPS) is 11.6. The van der Waals surface area contributed by atoms with Crippen LogP contribution in [0.25, 0.3) is 0 Å². The fraction of sp³-hybridized carbons (Fsp3) is 0. The van der Waals surface area contributed by atoms with E-state index < -0.39 is 0 Å². The van der Waals surface area contributed by atoms with E-state index in [0.29, 0.717) is 10.6 Å². The van der Waals surface area contributed by atoms with Gasteiger partial charge in [0, 0.05) is 0 Å². The molecule has 82 valence electrons. The standard InChI is InChI=1S/C9H8N4OS2/c10-8(13-14)6-3-4-11-12-9(6)16-7-2-1-5-15-7/h1-5,14H,(H2,10,13). The van der Waals surface area contributed by atoms with E-state index in [1.807, 2.05) is 17.5 Å². The maximum Gasteiger partial charge on any atom is 0.172 e. The van der Waals surface area contributed by atoms with Crippen LogP contribution in [0.15, 0.2) is 44.2 Å². The number of rotatable bonds is 3. The second kappa shape index (κ2) is 4.95. The molecule has 0 aliphatic heterocycles. The first-order valence-corrected chi connectivity index (χ1v) is 6.02. The number of hydrogen-bond donors (Lipinski definition) is 2. The molecular weight excluding hydrogens is 244 g/mol. The van der Waals surface area contributed by atoms with Crippen molar-refractivity contribution in [2.75, 3.05) is 0 Å². The average molecular weight is 252 g/mol. The Morgan fingerprint density at radius 3 is 3.06 bits per heavy atom. The van der Waals surface area contributed by atoms with E-state index in [4.69, 9.17) is 10.9 Å². The number of thiophene rings is 1. The van der Waals surface area contributed by atoms with Crippen LogP contribution < -0.4 is 5.73 Å². The van der Waals surface area contributed by atoms with Crippen molar-refractivity contribution < 1.29 is 5.21 Å². The SMILES string of the molecule is N/C(=N/O)c1ccnnc1Sc1cccs1. The van der Waals surface area contributed by atoms with Crippen molar-refractivity contribution in [3.05, 3.63) is 35.3 Å². The molecule has 2 rings (SSSR count). The van der Waals surface area contributed by atoms with Gasteiger partial charge in [-0.05, 0) is 17.5 Å². The molecule has 0 aromatic carbocycles. The first-order chi connectivity index (χ1) is 7.81. The molecule has 0 saturated heterocycles. The van der Waals surface area contributed by atoms with Gasteiger partial charge in [-0.25, -0.2) is 0 Å². The van der Waals surface area contributed by atoms with Crippen LogP contribution in [-0.2, 0) is 0 Å². The fourth-order valence-electron chi connectivity index (χ4n) is 1.06. The van der Waals surface area contributed by atoms with Crippen LogP contribution in [0.3, 0.4) is 0 Å². The van der Waals surface area contributed by atoms with Crippen LogP contribution >= 0.6 is 23.1 Å². The van der Waals surface area contributed by atoms with Gasteiger partial charge in [0.2, 0.25) is 0 Å². The summed E-state index contributed by atoms with van der Waals surface area (Å²) in [5.74, 6) is 0.0361. The molecule has 0 aliphatic rings. The molecule has 0 atom stereocenters. The van der Waals surface area contributed by atoms with Gasteiger partial charge < -0.3 is 10.9 Å². The van der Waals surface area contributed by atoms with Gasteiger partial charge in [0.25, 0.3) is 0 Å². The number of oxime groups is 1. The molecule has 0 saturated carbocycles. The Labute approximate surface area is 100 Å². The molecular formula is C9H8N4OS2. The molecule has 5 nitrogen and oxygen atoms in total. The van der Waals surface area contributed by atoms with E-state index >= 15 is 0 Å². The summed E-state index contributed by atoms with van der Waals surface area (Å²) in [7, 11) is 0. The molecule has 0 fully saturated rings. The van der Waals surface area contributed by atoms with Crippen molar-refractivity contribution in [1.29, 1.82) is 0 Å². The lowest BCUT2D eigenvalue weighted by Crippen LogP contribution is -2.15. The first-order valence-electron chi connectivity index (χ1n) is 4.32. The van der Waals surface area contributed by atoms with Gasteiger partial charge in [0.15, 0.2) is 5.84 Å². The molecule has 0 spiro atoms. The molecule has 2 aromatic heterocycles. The van der Waals surface area contributed by atoms with E-state index in [0.717, 1.165) is 4.21 Å². The van der Waals surface area contributed by atoms with Crippen LogP contribution in [-0.4, -0.2) is 21.2 Å². The fourth-order valence-corrected chi connectivity index (χ4v) is 2.81. The van der Waals surface area contributed by atoms with Crippen LogP contribution in [0, 0.1) is 0 Å². The van der Waals surface area contributed by atoms with E-state index in [1.165, 1.54) is 18.0 Å². The van der Waals surface area contributed by atoms with Crippen molar-refractivity contribution in [3.63, 3.8) is 0 Å². The van der Waals surface area contributed by atoms with Gasteiger partial charge >= 0.3 is 0 Å². The largest absolute Gasteiger partial charge is 0.409 e. The van der Waals surface area contributed by atoms with Crippen LogP contribution in [0.5, 0.6) is 0 Å². The lowest BCUT2D eigenvalue weighted by molar-refractivity contribution is 0.318. The summed E-state index contributed by atoms with van der Waals surface area (Å²) >= 11 is 3.04. The molecule has 0 unspecified atom stereocenters. The summed E-state index contributed by atoms with van der Waals surface area (Å²) in [5.41, 5.74) is 6.13. The van der Waals surface area contributed by atoms with Crippen molar-refractivity contribution in [1.82, 2.24) is 10.2 Å². The lowest BCUT2D eigenvalue weighted by atomic mass is 10.3. The van der Waals surface area contributed by atoms with Gasteiger partial charge in [-0.3, -0.25) is 0 Å². The molecule has 7 heteroatoms. The zero-order valence-corrected chi connectivity index (χ0v) is 9.70. The number of nitrogens with two attached hydrogens (primary N) is 1. The quantitative estimate of drug-likeness (QED) is 0.376. The Kier molecular flexibility index (Phi) is 3.37. The Balaban J connectivity index is 2.34. The Bertz CT molecular complexity index is 498. The van der Waals surface area contributed by atoms with Crippen molar-refractivity contribution in [2.24, 2.45) is 10.9 Å². The highest BCUT2D eigenvalue weighted by Crippen LogP contribution is 2.31. The minimum absolute atomic E-state index is 0.0361. The second-order valence-corrected chi connectivity index (χ2v) is 5.01. The zero-order chi connectivity index (χ0) is 11.4. The summed E-state index contributed by atoms with van der Waals surface area (Å²) < 4.78 is 1.08. The maximum absolute atomic E-state index is 8.65. The molecule has 0 bridgehead atoms. The van der Waals surface area contributed by atoms with E-state index in [2.05, 4.69) is 15.4 Å². The molecule has 16 heavy (non-hydrogen) atoms. The van der Waals surface area contributed by atoms with E-state index in [-0.39, 0.29) is 5.84 Å². The van der Waals surface area contributed by atoms with Gasteiger partial charge in [0.05, 0.1) is 16.0 Å². The highest BCUT2D eigenvalue weighted by molar-refractivity contribution is 8.01. The number of nitrogens with zero attached hydrogens (tertiary/aromatic N) is 3. The third-order valence-corrected chi connectivity index (χ3v) is 3.80. The predicted molar refractivity (Wildman–Crippen MR) is 63.0 cm³/mol. The molecule has 3 N–H and O–H groups in total. The topological polar surface area (TPSA) is 84.4 Å². The molecule has 0 radical (unpaired) electrons. The summed E-state index contributed by atoms with van der Waals surface area (Å²) in [6, 6.07) is 5.59. The van der Waals surface area contributed by atoms with Crippen molar-refractivity contribution in [3.8, 4) is 0 Å².